The number of amides is 2. The summed E-state index contributed by atoms with van der Waals surface area (Å²) in [4.78, 5) is 28.1. The van der Waals surface area contributed by atoms with Gasteiger partial charge in [0.2, 0.25) is 5.91 Å². The molecular formula is C14H22N2O2S2. The van der Waals surface area contributed by atoms with E-state index in [1.54, 1.807) is 4.90 Å². The predicted molar refractivity (Wildman–Crippen MR) is 87.4 cm³/mol. The van der Waals surface area contributed by atoms with Crippen molar-refractivity contribution in [2.45, 2.75) is 34.6 Å². The van der Waals surface area contributed by atoms with Crippen molar-refractivity contribution < 1.29 is 9.59 Å². The van der Waals surface area contributed by atoms with Crippen LogP contribution in [0.3, 0.4) is 0 Å². The molecule has 20 heavy (non-hydrogen) atoms. The summed E-state index contributed by atoms with van der Waals surface area (Å²) in [7, 11) is 0. The molecule has 0 spiro atoms. The number of thioether (sulfide) groups is 1. The van der Waals surface area contributed by atoms with Gasteiger partial charge in [0.15, 0.2) is 0 Å². The summed E-state index contributed by atoms with van der Waals surface area (Å²) in [6.45, 7) is 11.2. The highest BCUT2D eigenvalue weighted by molar-refractivity contribution is 8.26. The topological polar surface area (TPSA) is 40.6 Å². The Labute approximate surface area is 130 Å². The van der Waals surface area contributed by atoms with Gasteiger partial charge in [0.25, 0.3) is 5.91 Å². The van der Waals surface area contributed by atoms with Gasteiger partial charge in [-0.1, -0.05) is 50.8 Å². The normalized spacial score (nSPS) is 18.1. The highest BCUT2D eigenvalue weighted by Gasteiger charge is 2.34. The maximum Gasteiger partial charge on any atom is 0.266 e. The predicted octanol–water partition coefficient (Wildman–Crippen LogP) is 2.65. The number of likely N-dealkylation sites (N-methyl/N-ethyl adjacent to an activating group) is 1. The van der Waals surface area contributed by atoms with Gasteiger partial charge in [-0.05, 0) is 19.3 Å². The maximum atomic E-state index is 12.3. The lowest BCUT2D eigenvalue weighted by atomic mass is 9.96. The lowest BCUT2D eigenvalue weighted by Gasteiger charge is -2.22. The van der Waals surface area contributed by atoms with Crippen molar-refractivity contribution in [3.63, 3.8) is 0 Å². The third-order valence-electron chi connectivity index (χ3n) is 2.85. The molecule has 0 aromatic carbocycles. The van der Waals surface area contributed by atoms with E-state index in [1.807, 2.05) is 40.7 Å². The van der Waals surface area contributed by atoms with Crippen molar-refractivity contribution in [2.24, 2.45) is 5.41 Å². The highest BCUT2D eigenvalue weighted by Crippen LogP contribution is 2.34. The van der Waals surface area contributed by atoms with Gasteiger partial charge in [-0.25, -0.2) is 0 Å². The second kappa shape index (κ2) is 6.72. The molecule has 0 unspecified atom stereocenters. The highest BCUT2D eigenvalue weighted by atomic mass is 32.2. The fourth-order valence-corrected chi connectivity index (χ4v) is 3.31. The van der Waals surface area contributed by atoms with Crippen LogP contribution in [0, 0.1) is 5.41 Å². The minimum Gasteiger partial charge on any atom is -0.342 e. The molecule has 1 rings (SSSR count). The van der Waals surface area contributed by atoms with Crippen LogP contribution in [0.25, 0.3) is 0 Å². The fraction of sp³-hybridized carbons (Fsp3) is 0.643. The molecule has 112 valence electrons. The molecule has 0 aromatic heterocycles. The largest absolute Gasteiger partial charge is 0.342 e. The molecule has 0 radical (unpaired) electrons. The van der Waals surface area contributed by atoms with Crippen LogP contribution in [0.2, 0.25) is 0 Å². The molecule has 1 fully saturated rings. The van der Waals surface area contributed by atoms with Gasteiger partial charge in [0.1, 0.15) is 10.9 Å². The van der Waals surface area contributed by atoms with Crippen LogP contribution in [0.1, 0.15) is 34.6 Å². The summed E-state index contributed by atoms with van der Waals surface area (Å²) in [5.41, 5.74) is -0.0908. The van der Waals surface area contributed by atoms with Crippen molar-refractivity contribution in [2.75, 3.05) is 19.6 Å². The minimum atomic E-state index is -0.157. The number of rotatable bonds is 4. The Morgan fingerprint density at radius 3 is 2.35 bits per heavy atom. The summed E-state index contributed by atoms with van der Waals surface area (Å²) in [6, 6.07) is 0. The monoisotopic (exact) mass is 314 g/mol. The number of hydrogen-bond donors (Lipinski definition) is 0. The lowest BCUT2D eigenvalue weighted by molar-refractivity contribution is -0.135. The minimum absolute atomic E-state index is 0.0355. The first-order valence-corrected chi connectivity index (χ1v) is 7.96. The molecule has 0 aliphatic carbocycles. The molecule has 0 bridgehead atoms. The molecule has 1 aliphatic rings. The van der Waals surface area contributed by atoms with Crippen LogP contribution in [0.5, 0.6) is 0 Å². The van der Waals surface area contributed by atoms with Gasteiger partial charge in [-0.15, -0.1) is 0 Å². The van der Waals surface area contributed by atoms with Crippen LogP contribution in [0.15, 0.2) is 11.0 Å². The number of carbonyl (C=O) groups is 2. The first-order chi connectivity index (χ1) is 9.19. The van der Waals surface area contributed by atoms with Crippen molar-refractivity contribution in [1.82, 2.24) is 9.80 Å². The molecule has 0 atom stereocenters. The molecule has 0 aromatic rings. The Hall–Kier alpha value is -0.880. The molecule has 1 saturated heterocycles. The van der Waals surface area contributed by atoms with Gasteiger partial charge in [0.05, 0.1) is 4.91 Å². The van der Waals surface area contributed by atoms with E-state index in [9.17, 15) is 9.59 Å². The molecule has 6 heteroatoms. The zero-order valence-electron chi connectivity index (χ0n) is 12.7. The van der Waals surface area contributed by atoms with Gasteiger partial charge < -0.3 is 4.90 Å². The molecular weight excluding hydrogens is 292 g/mol. The van der Waals surface area contributed by atoms with Crippen molar-refractivity contribution in [3.8, 4) is 0 Å². The molecule has 2 amide bonds. The van der Waals surface area contributed by atoms with Crippen LogP contribution < -0.4 is 0 Å². The number of nitrogens with zero attached hydrogens (tertiary/aromatic N) is 2. The van der Waals surface area contributed by atoms with Crippen molar-refractivity contribution in [1.29, 1.82) is 0 Å². The van der Waals surface area contributed by atoms with E-state index in [-0.39, 0.29) is 23.8 Å². The first kappa shape index (κ1) is 17.2. The zero-order valence-corrected chi connectivity index (χ0v) is 14.4. The van der Waals surface area contributed by atoms with Gasteiger partial charge in [0, 0.05) is 13.1 Å². The van der Waals surface area contributed by atoms with E-state index in [0.29, 0.717) is 22.3 Å². The Bertz CT molecular complexity index is 449. The molecule has 4 nitrogen and oxygen atoms in total. The third-order valence-corrected chi connectivity index (χ3v) is 4.22. The Morgan fingerprint density at radius 1 is 1.35 bits per heavy atom. The summed E-state index contributed by atoms with van der Waals surface area (Å²) < 4.78 is 0.464. The SMILES string of the molecule is CCN(CC)C(=O)CN1C(=O)/C(=C/C(C)(C)C)SC1=S. The number of allylic oxidation sites excluding steroid dienone is 1. The van der Waals surface area contributed by atoms with Crippen LogP contribution in [0.4, 0.5) is 0 Å². The van der Waals surface area contributed by atoms with Crippen molar-refractivity contribution in [3.05, 3.63) is 11.0 Å². The summed E-state index contributed by atoms with van der Waals surface area (Å²) in [5.74, 6) is -0.223. The second-order valence-corrected chi connectivity index (χ2v) is 7.38. The molecule has 1 heterocycles. The first-order valence-electron chi connectivity index (χ1n) is 6.74. The van der Waals surface area contributed by atoms with Crippen LogP contribution >= 0.6 is 24.0 Å². The van der Waals surface area contributed by atoms with E-state index in [2.05, 4.69) is 0 Å². The quantitative estimate of drug-likeness (QED) is 0.591. The zero-order chi connectivity index (χ0) is 15.5. The summed E-state index contributed by atoms with van der Waals surface area (Å²) in [6.07, 6.45) is 1.91. The van der Waals surface area contributed by atoms with Gasteiger partial charge >= 0.3 is 0 Å². The average molecular weight is 314 g/mol. The third kappa shape index (κ3) is 4.31. The van der Waals surface area contributed by atoms with Gasteiger partial charge in [-0.3, -0.25) is 14.5 Å². The molecule has 0 N–H and O–H groups in total. The Morgan fingerprint density at radius 2 is 1.90 bits per heavy atom. The van der Waals surface area contributed by atoms with Crippen molar-refractivity contribution >= 4 is 40.1 Å². The Balaban J connectivity index is 2.83. The molecule has 0 saturated carbocycles. The van der Waals surface area contributed by atoms with E-state index in [0.717, 1.165) is 0 Å². The Kier molecular flexibility index (Phi) is 5.77. The summed E-state index contributed by atoms with van der Waals surface area (Å²) in [5, 5.41) is 0. The molecule has 1 aliphatic heterocycles. The van der Waals surface area contributed by atoms with Gasteiger partial charge in [-0.2, -0.15) is 0 Å². The number of carbonyl (C=O) groups excluding carboxylic acids is 2. The van der Waals surface area contributed by atoms with E-state index >= 15 is 0 Å². The number of hydrogen-bond acceptors (Lipinski definition) is 4. The van der Waals surface area contributed by atoms with E-state index in [1.165, 1.54) is 16.7 Å². The maximum absolute atomic E-state index is 12.3. The van der Waals surface area contributed by atoms with E-state index < -0.39 is 0 Å². The average Bonchev–Trinajstić information content (AvgIpc) is 2.56. The smallest absolute Gasteiger partial charge is 0.266 e. The second-order valence-electron chi connectivity index (χ2n) is 5.70. The van der Waals surface area contributed by atoms with Crippen LogP contribution in [-0.2, 0) is 9.59 Å². The summed E-state index contributed by atoms with van der Waals surface area (Å²) >= 11 is 6.49. The van der Waals surface area contributed by atoms with E-state index in [4.69, 9.17) is 12.2 Å². The fourth-order valence-electron chi connectivity index (χ4n) is 1.84. The standard InChI is InChI=1S/C14H22N2O2S2/c1-6-15(7-2)11(17)9-16-12(18)10(20-13(16)19)8-14(3,4)5/h8H,6-7,9H2,1-5H3/b10-8-. The lowest BCUT2D eigenvalue weighted by Crippen LogP contribution is -2.41. The number of thiocarbonyl (C=S) groups is 1. The van der Waals surface area contributed by atoms with Crippen LogP contribution in [-0.4, -0.2) is 45.6 Å².